The Hall–Kier alpha value is -3.59. The Balaban J connectivity index is 1.84. The van der Waals surface area contributed by atoms with Gasteiger partial charge in [0, 0.05) is 23.2 Å². The highest BCUT2D eigenvalue weighted by atomic mass is 16.4. The molecule has 0 aliphatic heterocycles. The zero-order valence-corrected chi connectivity index (χ0v) is 16.3. The molecule has 29 heavy (non-hydrogen) atoms. The second kappa shape index (κ2) is 8.19. The third kappa shape index (κ3) is 3.85. The van der Waals surface area contributed by atoms with Crippen LogP contribution < -0.4 is 0 Å². The van der Waals surface area contributed by atoms with E-state index in [4.69, 9.17) is 5.11 Å². The van der Waals surface area contributed by atoms with E-state index in [0.29, 0.717) is 6.42 Å². The van der Waals surface area contributed by atoms with Gasteiger partial charge in [0.2, 0.25) is 0 Å². The summed E-state index contributed by atoms with van der Waals surface area (Å²) >= 11 is 0. The fourth-order valence-electron chi connectivity index (χ4n) is 3.91. The molecular formula is C26H23NO2. The summed E-state index contributed by atoms with van der Waals surface area (Å²) in [4.78, 5) is 11.1. The highest BCUT2D eigenvalue weighted by Gasteiger charge is 2.18. The Labute approximate surface area is 170 Å². The van der Waals surface area contributed by atoms with Crippen LogP contribution in [0.4, 0.5) is 0 Å². The topological polar surface area (TPSA) is 42.2 Å². The summed E-state index contributed by atoms with van der Waals surface area (Å²) in [6.45, 7) is 1.98. The van der Waals surface area contributed by atoms with E-state index >= 15 is 0 Å². The van der Waals surface area contributed by atoms with Crippen LogP contribution in [0.3, 0.4) is 0 Å². The van der Waals surface area contributed by atoms with E-state index in [0.717, 1.165) is 22.0 Å². The molecule has 0 aliphatic rings. The number of aromatic nitrogens is 1. The number of rotatable bonds is 6. The number of nitrogens with zero attached hydrogens (tertiary/aromatic N) is 1. The molecule has 4 aromatic rings. The van der Waals surface area contributed by atoms with Crippen LogP contribution in [-0.2, 0) is 4.79 Å². The second-order valence-electron chi connectivity index (χ2n) is 7.08. The van der Waals surface area contributed by atoms with Crippen molar-refractivity contribution < 1.29 is 9.90 Å². The molecule has 0 bridgehead atoms. The van der Waals surface area contributed by atoms with E-state index in [9.17, 15) is 4.79 Å². The zero-order chi connectivity index (χ0) is 20.2. The van der Waals surface area contributed by atoms with E-state index < -0.39 is 5.97 Å². The summed E-state index contributed by atoms with van der Waals surface area (Å²) in [6, 6.07) is 29.3. The average molecular weight is 381 g/mol. The number of hydrogen-bond donors (Lipinski definition) is 1. The highest BCUT2D eigenvalue weighted by molar-refractivity contribution is 5.92. The van der Waals surface area contributed by atoms with Crippen LogP contribution in [0, 0.1) is 0 Å². The van der Waals surface area contributed by atoms with Gasteiger partial charge in [-0.2, -0.15) is 0 Å². The van der Waals surface area contributed by atoms with Crippen LogP contribution in [0.2, 0.25) is 0 Å². The molecule has 0 atom stereocenters. The molecule has 4 rings (SSSR count). The van der Waals surface area contributed by atoms with Crippen LogP contribution in [-0.4, -0.2) is 15.6 Å². The standard InChI is InChI=1S/C26H23NO2/c1-2-19(18-25(28)29)22-13-14-24-23(17-22)15-16-27(24)26(20-9-5-3-6-10-20)21-11-7-4-8-12-21/h3-18,26H,2H2,1H3,(H,28,29). The zero-order valence-electron chi connectivity index (χ0n) is 16.3. The first-order valence-corrected chi connectivity index (χ1v) is 9.81. The van der Waals surface area contributed by atoms with Gasteiger partial charge in [0.05, 0.1) is 6.04 Å². The number of carboxylic acids is 1. The Bertz CT molecular complexity index is 1120. The molecule has 1 N–H and O–H groups in total. The Morgan fingerprint density at radius 2 is 1.55 bits per heavy atom. The fourth-order valence-corrected chi connectivity index (χ4v) is 3.91. The lowest BCUT2D eigenvalue weighted by atomic mass is 9.98. The largest absolute Gasteiger partial charge is 0.478 e. The summed E-state index contributed by atoms with van der Waals surface area (Å²) in [5.74, 6) is -0.910. The summed E-state index contributed by atoms with van der Waals surface area (Å²) in [6.07, 6.45) is 4.09. The maximum absolute atomic E-state index is 11.1. The van der Waals surface area contributed by atoms with E-state index in [-0.39, 0.29) is 6.04 Å². The normalized spacial score (nSPS) is 11.9. The number of carbonyl (C=O) groups is 1. The van der Waals surface area contributed by atoms with Gasteiger partial charge in [-0.3, -0.25) is 0 Å². The van der Waals surface area contributed by atoms with Gasteiger partial charge in [0.1, 0.15) is 0 Å². The van der Waals surface area contributed by atoms with Gasteiger partial charge in [-0.25, -0.2) is 4.79 Å². The van der Waals surface area contributed by atoms with Crippen molar-refractivity contribution >= 4 is 22.4 Å². The first-order valence-electron chi connectivity index (χ1n) is 9.81. The predicted molar refractivity (Wildman–Crippen MR) is 118 cm³/mol. The van der Waals surface area contributed by atoms with Gasteiger partial charge in [0.25, 0.3) is 0 Å². The molecule has 1 heterocycles. The lowest BCUT2D eigenvalue weighted by Gasteiger charge is -2.21. The lowest BCUT2D eigenvalue weighted by Crippen LogP contribution is -2.11. The second-order valence-corrected chi connectivity index (χ2v) is 7.08. The van der Waals surface area contributed by atoms with Crippen LogP contribution >= 0.6 is 0 Å². The van der Waals surface area contributed by atoms with Gasteiger partial charge >= 0.3 is 5.97 Å². The van der Waals surface area contributed by atoms with Crippen molar-refractivity contribution in [2.24, 2.45) is 0 Å². The van der Waals surface area contributed by atoms with Gasteiger partial charge in [-0.15, -0.1) is 0 Å². The summed E-state index contributed by atoms with van der Waals surface area (Å²) in [5, 5.41) is 10.2. The molecule has 0 aliphatic carbocycles. The SMILES string of the molecule is CCC(=CC(=O)O)c1ccc2c(ccn2C(c2ccccc2)c2ccccc2)c1. The van der Waals surface area contributed by atoms with Crippen molar-refractivity contribution in [3.8, 4) is 0 Å². The molecule has 3 aromatic carbocycles. The van der Waals surface area contributed by atoms with Crippen molar-refractivity contribution in [2.45, 2.75) is 19.4 Å². The number of allylic oxidation sites excluding steroid dienone is 1. The molecule has 0 fully saturated rings. The molecule has 3 nitrogen and oxygen atoms in total. The number of hydrogen-bond acceptors (Lipinski definition) is 1. The Morgan fingerprint density at radius 3 is 2.10 bits per heavy atom. The maximum atomic E-state index is 11.1. The van der Waals surface area contributed by atoms with Crippen molar-refractivity contribution in [2.75, 3.05) is 0 Å². The molecule has 144 valence electrons. The molecule has 0 unspecified atom stereocenters. The van der Waals surface area contributed by atoms with Crippen molar-refractivity contribution in [3.63, 3.8) is 0 Å². The van der Waals surface area contributed by atoms with Gasteiger partial charge in [0.15, 0.2) is 0 Å². The van der Waals surface area contributed by atoms with Crippen LogP contribution in [0.15, 0.2) is 97.2 Å². The quantitative estimate of drug-likeness (QED) is 0.407. The molecular weight excluding hydrogens is 358 g/mol. The third-order valence-corrected chi connectivity index (χ3v) is 5.28. The van der Waals surface area contributed by atoms with E-state index in [1.807, 2.05) is 25.1 Å². The van der Waals surface area contributed by atoms with Gasteiger partial charge < -0.3 is 9.67 Å². The number of benzene rings is 3. The maximum Gasteiger partial charge on any atom is 0.328 e. The minimum absolute atomic E-state index is 0.0703. The Morgan fingerprint density at radius 1 is 0.931 bits per heavy atom. The first-order chi connectivity index (χ1) is 14.2. The molecule has 0 amide bonds. The van der Waals surface area contributed by atoms with Crippen molar-refractivity contribution in [1.82, 2.24) is 4.57 Å². The summed E-state index contributed by atoms with van der Waals surface area (Å²) in [5.41, 5.74) is 5.35. The van der Waals surface area contributed by atoms with Gasteiger partial charge in [-0.05, 0) is 46.9 Å². The number of carboxylic acid groups (broad SMARTS) is 1. The van der Waals surface area contributed by atoms with Crippen LogP contribution in [0.1, 0.15) is 36.1 Å². The first kappa shape index (κ1) is 18.8. The highest BCUT2D eigenvalue weighted by Crippen LogP contribution is 2.32. The lowest BCUT2D eigenvalue weighted by molar-refractivity contribution is -0.131. The van der Waals surface area contributed by atoms with E-state index in [1.54, 1.807) is 0 Å². The van der Waals surface area contributed by atoms with Gasteiger partial charge in [-0.1, -0.05) is 73.7 Å². The molecule has 0 saturated heterocycles. The number of fused-ring (bicyclic) bond motifs is 1. The van der Waals surface area contributed by atoms with Crippen molar-refractivity contribution in [3.05, 3.63) is 114 Å². The van der Waals surface area contributed by atoms with Crippen LogP contribution in [0.5, 0.6) is 0 Å². The van der Waals surface area contributed by atoms with Crippen LogP contribution in [0.25, 0.3) is 16.5 Å². The third-order valence-electron chi connectivity index (χ3n) is 5.28. The van der Waals surface area contributed by atoms with E-state index in [1.165, 1.54) is 17.2 Å². The fraction of sp³-hybridized carbons (Fsp3) is 0.115. The molecule has 0 spiro atoms. The molecule has 1 aromatic heterocycles. The molecule has 0 radical (unpaired) electrons. The average Bonchev–Trinajstić information content (AvgIpc) is 3.16. The predicted octanol–water partition coefficient (Wildman–Crippen LogP) is 6.16. The molecule has 0 saturated carbocycles. The molecule has 3 heteroatoms. The smallest absolute Gasteiger partial charge is 0.328 e. The monoisotopic (exact) mass is 381 g/mol. The number of aliphatic carboxylic acids is 1. The Kier molecular flexibility index (Phi) is 5.30. The minimum atomic E-state index is -0.910. The summed E-state index contributed by atoms with van der Waals surface area (Å²) in [7, 11) is 0. The van der Waals surface area contributed by atoms with Crippen molar-refractivity contribution in [1.29, 1.82) is 0 Å². The minimum Gasteiger partial charge on any atom is -0.478 e. The van der Waals surface area contributed by atoms with E-state index in [2.05, 4.69) is 77.5 Å². The summed E-state index contributed by atoms with van der Waals surface area (Å²) < 4.78 is 2.29.